The Morgan fingerprint density at radius 1 is 1.26 bits per heavy atom. The van der Waals surface area contributed by atoms with Crippen LogP contribution < -0.4 is 16.0 Å². The van der Waals surface area contributed by atoms with Gasteiger partial charge >= 0.3 is 6.03 Å². The zero-order valence-corrected chi connectivity index (χ0v) is 12.3. The Balaban J connectivity index is 2.28. The molecule has 3 N–H and O–H groups in total. The fraction of sp³-hybridized carbons (Fsp3) is 0.846. The molecule has 0 aromatic carbocycles. The standard InChI is InChI=1S/C13H26N4O2/c1-9(2)5-14-13(19)16-12(18)8-17-6-10(3)15-11(4)7-17/h9-11,15H,5-8H2,1-4H3,(H2,14,16,18,19). The molecule has 6 nitrogen and oxygen atoms in total. The fourth-order valence-corrected chi connectivity index (χ4v) is 2.28. The molecule has 110 valence electrons. The summed E-state index contributed by atoms with van der Waals surface area (Å²) in [4.78, 5) is 25.3. The average Bonchev–Trinajstić information content (AvgIpc) is 2.24. The molecular formula is C13H26N4O2. The molecule has 1 rings (SSSR count). The molecule has 1 aliphatic heterocycles. The van der Waals surface area contributed by atoms with Crippen molar-refractivity contribution >= 4 is 11.9 Å². The van der Waals surface area contributed by atoms with Gasteiger partial charge < -0.3 is 10.6 Å². The first-order chi connectivity index (χ1) is 8.86. The Morgan fingerprint density at radius 3 is 2.37 bits per heavy atom. The van der Waals surface area contributed by atoms with E-state index in [0.717, 1.165) is 13.1 Å². The van der Waals surface area contributed by atoms with Crippen LogP contribution in [0.1, 0.15) is 27.7 Å². The fourth-order valence-electron chi connectivity index (χ4n) is 2.28. The maximum atomic E-state index is 11.7. The third-order valence-electron chi connectivity index (χ3n) is 2.92. The van der Waals surface area contributed by atoms with Crippen LogP contribution in [0.3, 0.4) is 0 Å². The maximum absolute atomic E-state index is 11.7. The van der Waals surface area contributed by atoms with Gasteiger partial charge in [-0.05, 0) is 19.8 Å². The van der Waals surface area contributed by atoms with E-state index in [0.29, 0.717) is 24.5 Å². The summed E-state index contributed by atoms with van der Waals surface area (Å²) in [6, 6.07) is 0.326. The number of carbonyl (C=O) groups excluding carboxylic acids is 2. The van der Waals surface area contributed by atoms with E-state index in [-0.39, 0.29) is 12.5 Å². The molecule has 0 radical (unpaired) electrons. The van der Waals surface area contributed by atoms with E-state index in [2.05, 4.69) is 34.7 Å². The van der Waals surface area contributed by atoms with Crippen LogP contribution in [0.15, 0.2) is 0 Å². The summed E-state index contributed by atoms with van der Waals surface area (Å²) < 4.78 is 0. The van der Waals surface area contributed by atoms with Crippen LogP contribution in [0, 0.1) is 5.92 Å². The lowest BCUT2D eigenvalue weighted by atomic mass is 10.1. The SMILES string of the molecule is CC(C)CNC(=O)NC(=O)CN1CC(C)NC(C)C1. The van der Waals surface area contributed by atoms with Gasteiger partial charge in [0.15, 0.2) is 0 Å². The highest BCUT2D eigenvalue weighted by atomic mass is 16.2. The van der Waals surface area contributed by atoms with Crippen molar-refractivity contribution in [3.05, 3.63) is 0 Å². The third-order valence-corrected chi connectivity index (χ3v) is 2.92. The van der Waals surface area contributed by atoms with Crippen LogP contribution in [0.4, 0.5) is 4.79 Å². The summed E-state index contributed by atoms with van der Waals surface area (Å²) in [5, 5.41) is 8.43. The van der Waals surface area contributed by atoms with Gasteiger partial charge in [-0.3, -0.25) is 15.0 Å². The van der Waals surface area contributed by atoms with Gasteiger partial charge in [0.2, 0.25) is 5.91 Å². The van der Waals surface area contributed by atoms with Gasteiger partial charge in [-0.1, -0.05) is 13.8 Å². The topological polar surface area (TPSA) is 73.5 Å². The van der Waals surface area contributed by atoms with Crippen LogP contribution in [-0.4, -0.2) is 55.1 Å². The van der Waals surface area contributed by atoms with E-state index in [4.69, 9.17) is 0 Å². The minimum atomic E-state index is -0.407. The van der Waals surface area contributed by atoms with Gasteiger partial charge in [-0.15, -0.1) is 0 Å². The normalized spacial score (nSPS) is 24.3. The molecule has 2 atom stereocenters. The summed E-state index contributed by atoms with van der Waals surface area (Å²) in [6.45, 7) is 10.7. The van der Waals surface area contributed by atoms with Crippen LogP contribution in [0.25, 0.3) is 0 Å². The van der Waals surface area contributed by atoms with Crippen molar-refractivity contribution < 1.29 is 9.59 Å². The lowest BCUT2D eigenvalue weighted by Gasteiger charge is -2.35. The second-order valence-corrected chi connectivity index (χ2v) is 5.81. The Hall–Kier alpha value is -1.14. The van der Waals surface area contributed by atoms with Crippen molar-refractivity contribution in [3.8, 4) is 0 Å². The smallest absolute Gasteiger partial charge is 0.321 e. The molecule has 0 spiro atoms. The quantitative estimate of drug-likeness (QED) is 0.680. The van der Waals surface area contributed by atoms with E-state index in [1.54, 1.807) is 0 Å². The lowest BCUT2D eigenvalue weighted by Crippen LogP contribution is -2.56. The zero-order chi connectivity index (χ0) is 14.4. The highest BCUT2D eigenvalue weighted by molar-refractivity contribution is 5.95. The van der Waals surface area contributed by atoms with Crippen molar-refractivity contribution in [1.82, 2.24) is 20.9 Å². The van der Waals surface area contributed by atoms with Gasteiger partial charge in [0.1, 0.15) is 0 Å². The van der Waals surface area contributed by atoms with Crippen molar-refractivity contribution in [2.24, 2.45) is 5.92 Å². The first-order valence-corrected chi connectivity index (χ1v) is 6.93. The summed E-state index contributed by atoms with van der Waals surface area (Å²) in [5.41, 5.74) is 0. The van der Waals surface area contributed by atoms with Crippen LogP contribution in [0.2, 0.25) is 0 Å². The predicted molar refractivity (Wildman–Crippen MR) is 74.9 cm³/mol. The molecule has 1 heterocycles. The van der Waals surface area contributed by atoms with Gasteiger partial charge in [0.25, 0.3) is 0 Å². The predicted octanol–water partition coefficient (Wildman–Crippen LogP) is 0.150. The number of carbonyl (C=O) groups is 2. The number of nitrogens with one attached hydrogen (secondary N) is 3. The second-order valence-electron chi connectivity index (χ2n) is 5.81. The lowest BCUT2D eigenvalue weighted by molar-refractivity contribution is -0.121. The second kappa shape index (κ2) is 7.45. The molecule has 19 heavy (non-hydrogen) atoms. The number of hydrogen-bond donors (Lipinski definition) is 3. The molecule has 2 unspecified atom stereocenters. The highest BCUT2D eigenvalue weighted by Crippen LogP contribution is 2.03. The third kappa shape index (κ3) is 6.54. The Kier molecular flexibility index (Phi) is 6.24. The van der Waals surface area contributed by atoms with E-state index in [1.807, 2.05) is 13.8 Å². The molecule has 6 heteroatoms. The first kappa shape index (κ1) is 15.9. The first-order valence-electron chi connectivity index (χ1n) is 6.93. The number of piperazine rings is 1. The van der Waals surface area contributed by atoms with Crippen LogP contribution in [0.5, 0.6) is 0 Å². The number of rotatable bonds is 4. The number of urea groups is 1. The van der Waals surface area contributed by atoms with Gasteiger partial charge in [-0.25, -0.2) is 4.79 Å². The molecule has 0 aliphatic carbocycles. The molecule has 0 aromatic heterocycles. The molecule has 1 fully saturated rings. The Labute approximate surface area is 115 Å². The van der Waals surface area contributed by atoms with Crippen molar-refractivity contribution in [3.63, 3.8) is 0 Å². The molecule has 1 saturated heterocycles. The number of nitrogens with zero attached hydrogens (tertiary/aromatic N) is 1. The van der Waals surface area contributed by atoms with Crippen LogP contribution >= 0.6 is 0 Å². The number of hydrogen-bond acceptors (Lipinski definition) is 4. The molecule has 1 aliphatic rings. The summed E-state index contributed by atoms with van der Waals surface area (Å²) >= 11 is 0. The Morgan fingerprint density at radius 2 is 1.84 bits per heavy atom. The van der Waals surface area contributed by atoms with Crippen molar-refractivity contribution in [2.45, 2.75) is 39.8 Å². The minimum Gasteiger partial charge on any atom is -0.338 e. The molecule has 0 aromatic rings. The number of imide groups is 1. The average molecular weight is 270 g/mol. The molecule has 0 bridgehead atoms. The van der Waals surface area contributed by atoms with E-state index < -0.39 is 6.03 Å². The number of amides is 3. The maximum Gasteiger partial charge on any atom is 0.321 e. The van der Waals surface area contributed by atoms with E-state index >= 15 is 0 Å². The van der Waals surface area contributed by atoms with Gasteiger partial charge in [0.05, 0.1) is 6.54 Å². The van der Waals surface area contributed by atoms with Crippen molar-refractivity contribution in [1.29, 1.82) is 0 Å². The monoisotopic (exact) mass is 270 g/mol. The minimum absolute atomic E-state index is 0.248. The molecule has 0 saturated carbocycles. The summed E-state index contributed by atoms with van der Waals surface area (Å²) in [7, 11) is 0. The van der Waals surface area contributed by atoms with E-state index in [1.165, 1.54) is 0 Å². The summed E-state index contributed by atoms with van der Waals surface area (Å²) in [5.74, 6) is 0.123. The van der Waals surface area contributed by atoms with Crippen molar-refractivity contribution in [2.75, 3.05) is 26.2 Å². The molecule has 3 amide bonds. The van der Waals surface area contributed by atoms with Gasteiger partial charge in [0, 0.05) is 31.7 Å². The largest absolute Gasteiger partial charge is 0.338 e. The Bertz CT molecular complexity index is 310. The highest BCUT2D eigenvalue weighted by Gasteiger charge is 2.22. The zero-order valence-electron chi connectivity index (χ0n) is 12.3. The van der Waals surface area contributed by atoms with Gasteiger partial charge in [-0.2, -0.15) is 0 Å². The van der Waals surface area contributed by atoms with E-state index in [9.17, 15) is 9.59 Å². The summed E-state index contributed by atoms with van der Waals surface area (Å²) in [6.07, 6.45) is 0. The molecular weight excluding hydrogens is 244 g/mol. The van der Waals surface area contributed by atoms with Crippen LogP contribution in [-0.2, 0) is 4.79 Å².